The van der Waals surface area contributed by atoms with Crippen molar-refractivity contribution in [2.45, 2.75) is 0 Å². The van der Waals surface area contributed by atoms with Gasteiger partial charge in [0.05, 0.1) is 16.2 Å². The summed E-state index contributed by atoms with van der Waals surface area (Å²) in [7, 11) is 1.91. The normalized spacial score (nSPS) is 17.3. The number of carboxylic acids is 1. The van der Waals surface area contributed by atoms with Gasteiger partial charge in [-0.1, -0.05) is 6.08 Å². The standard InChI is InChI=1S/C19H17N3O3S/c1-3-10-22-17(23)16(12-15-5-4-11-21(15)2)26-19(22)20-14-8-6-13(7-9-14)18(24)25/h3-9,11-12H,1,10H2,2H3,(H,24,25)/b16-12-,20-19?. The first-order valence-corrected chi connectivity index (χ1v) is 8.67. The minimum Gasteiger partial charge on any atom is -0.478 e. The number of nitrogens with zero attached hydrogens (tertiary/aromatic N) is 3. The van der Waals surface area contributed by atoms with E-state index in [0.717, 1.165) is 5.69 Å². The van der Waals surface area contributed by atoms with E-state index in [2.05, 4.69) is 11.6 Å². The quantitative estimate of drug-likeness (QED) is 0.648. The lowest BCUT2D eigenvalue weighted by atomic mass is 10.2. The Morgan fingerprint density at radius 3 is 2.62 bits per heavy atom. The maximum absolute atomic E-state index is 12.7. The number of benzene rings is 1. The van der Waals surface area contributed by atoms with Crippen LogP contribution in [0, 0.1) is 0 Å². The molecule has 7 heteroatoms. The number of amides is 1. The van der Waals surface area contributed by atoms with E-state index in [0.29, 0.717) is 22.3 Å². The monoisotopic (exact) mass is 367 g/mol. The van der Waals surface area contributed by atoms with Crippen LogP contribution in [-0.2, 0) is 11.8 Å². The van der Waals surface area contributed by atoms with Gasteiger partial charge < -0.3 is 9.67 Å². The Balaban J connectivity index is 1.93. The van der Waals surface area contributed by atoms with E-state index >= 15 is 0 Å². The number of thioether (sulfide) groups is 1. The van der Waals surface area contributed by atoms with Crippen molar-refractivity contribution in [1.29, 1.82) is 0 Å². The topological polar surface area (TPSA) is 74.9 Å². The smallest absolute Gasteiger partial charge is 0.335 e. The highest BCUT2D eigenvalue weighted by Gasteiger charge is 2.32. The molecule has 0 aliphatic carbocycles. The summed E-state index contributed by atoms with van der Waals surface area (Å²) in [6, 6.07) is 10.1. The molecule has 0 unspecified atom stereocenters. The lowest BCUT2D eigenvalue weighted by Gasteiger charge is -2.12. The number of amidine groups is 1. The van der Waals surface area contributed by atoms with Crippen molar-refractivity contribution in [1.82, 2.24) is 9.47 Å². The second kappa shape index (κ2) is 7.45. The molecule has 0 saturated carbocycles. The lowest BCUT2D eigenvalue weighted by Crippen LogP contribution is -2.29. The maximum Gasteiger partial charge on any atom is 0.335 e. The zero-order chi connectivity index (χ0) is 18.7. The van der Waals surface area contributed by atoms with E-state index in [1.54, 1.807) is 23.1 Å². The van der Waals surface area contributed by atoms with Crippen LogP contribution >= 0.6 is 11.8 Å². The third-order valence-corrected chi connectivity index (χ3v) is 4.81. The van der Waals surface area contributed by atoms with Crippen LogP contribution in [0.1, 0.15) is 16.1 Å². The molecular weight excluding hydrogens is 350 g/mol. The van der Waals surface area contributed by atoms with Crippen molar-refractivity contribution in [3.63, 3.8) is 0 Å². The number of hydrogen-bond acceptors (Lipinski definition) is 4. The number of rotatable bonds is 5. The van der Waals surface area contributed by atoms with E-state index in [-0.39, 0.29) is 11.5 Å². The Bertz CT molecular complexity index is 926. The third-order valence-electron chi connectivity index (χ3n) is 3.80. The molecule has 0 bridgehead atoms. The highest BCUT2D eigenvalue weighted by Crippen LogP contribution is 2.34. The Morgan fingerprint density at radius 1 is 1.31 bits per heavy atom. The van der Waals surface area contributed by atoms with Gasteiger partial charge in [-0.15, -0.1) is 6.58 Å². The van der Waals surface area contributed by atoms with Gasteiger partial charge in [-0.25, -0.2) is 9.79 Å². The first-order chi connectivity index (χ1) is 12.5. The molecule has 1 aromatic carbocycles. The summed E-state index contributed by atoms with van der Waals surface area (Å²) in [5.41, 5.74) is 1.70. The van der Waals surface area contributed by atoms with Gasteiger partial charge in [0.2, 0.25) is 0 Å². The van der Waals surface area contributed by atoms with Crippen LogP contribution in [0.5, 0.6) is 0 Å². The SMILES string of the molecule is C=CCN1C(=O)/C(=C/c2cccn2C)SC1=Nc1ccc(C(=O)O)cc1. The second-order valence-corrected chi connectivity index (χ2v) is 6.61. The van der Waals surface area contributed by atoms with Crippen LogP contribution in [0.4, 0.5) is 5.69 Å². The van der Waals surface area contributed by atoms with E-state index in [4.69, 9.17) is 5.11 Å². The van der Waals surface area contributed by atoms with Crippen molar-refractivity contribution in [2.75, 3.05) is 6.54 Å². The third kappa shape index (κ3) is 3.62. The van der Waals surface area contributed by atoms with Gasteiger partial charge in [0.1, 0.15) is 0 Å². The van der Waals surface area contributed by atoms with Gasteiger partial charge in [-0.2, -0.15) is 0 Å². The van der Waals surface area contributed by atoms with Gasteiger partial charge in [0.15, 0.2) is 5.17 Å². The number of carbonyl (C=O) groups is 2. The first kappa shape index (κ1) is 17.8. The molecule has 1 amide bonds. The molecule has 26 heavy (non-hydrogen) atoms. The highest BCUT2D eigenvalue weighted by molar-refractivity contribution is 8.18. The van der Waals surface area contributed by atoms with Gasteiger partial charge in [0, 0.05) is 25.5 Å². The number of aromatic nitrogens is 1. The number of aromatic carboxylic acids is 1. The van der Waals surface area contributed by atoms with Gasteiger partial charge in [0.25, 0.3) is 5.91 Å². The van der Waals surface area contributed by atoms with Crippen molar-refractivity contribution >= 4 is 40.6 Å². The summed E-state index contributed by atoms with van der Waals surface area (Å²) in [6.07, 6.45) is 5.39. The molecule has 2 aromatic rings. The summed E-state index contributed by atoms with van der Waals surface area (Å²) in [5.74, 6) is -1.12. The molecule has 1 aliphatic heterocycles. The summed E-state index contributed by atoms with van der Waals surface area (Å²) in [4.78, 5) is 30.3. The molecular formula is C19H17N3O3S. The highest BCUT2D eigenvalue weighted by atomic mass is 32.2. The number of carboxylic acid groups (broad SMARTS) is 1. The van der Waals surface area contributed by atoms with Crippen LogP contribution in [0.3, 0.4) is 0 Å². The zero-order valence-corrected chi connectivity index (χ0v) is 14.9. The summed E-state index contributed by atoms with van der Waals surface area (Å²) in [6.45, 7) is 4.05. The molecule has 1 fully saturated rings. The van der Waals surface area contributed by atoms with E-state index < -0.39 is 5.97 Å². The van der Waals surface area contributed by atoms with Crippen LogP contribution in [0.25, 0.3) is 6.08 Å². The predicted molar refractivity (Wildman–Crippen MR) is 103 cm³/mol. The fourth-order valence-corrected chi connectivity index (χ4v) is 3.42. The maximum atomic E-state index is 12.7. The summed E-state index contributed by atoms with van der Waals surface area (Å²) < 4.78 is 1.93. The Morgan fingerprint density at radius 2 is 2.04 bits per heavy atom. The van der Waals surface area contributed by atoms with Crippen LogP contribution in [-0.4, -0.2) is 38.2 Å². The van der Waals surface area contributed by atoms with Crippen molar-refractivity contribution in [3.05, 3.63) is 71.4 Å². The molecule has 6 nitrogen and oxygen atoms in total. The van der Waals surface area contributed by atoms with Gasteiger partial charge in [-0.3, -0.25) is 9.69 Å². The minimum absolute atomic E-state index is 0.128. The molecule has 1 saturated heterocycles. The number of aliphatic imine (C=N–C) groups is 1. The van der Waals surface area contributed by atoms with Gasteiger partial charge in [-0.05, 0) is 54.2 Å². The molecule has 3 rings (SSSR count). The molecule has 0 atom stereocenters. The van der Waals surface area contributed by atoms with E-state index in [1.807, 2.05) is 36.0 Å². The number of carbonyl (C=O) groups excluding carboxylic acids is 1. The summed E-state index contributed by atoms with van der Waals surface area (Å²) in [5, 5.41) is 9.51. The predicted octanol–water partition coefficient (Wildman–Crippen LogP) is 3.51. The average molecular weight is 367 g/mol. The largest absolute Gasteiger partial charge is 0.478 e. The molecule has 2 heterocycles. The minimum atomic E-state index is -0.990. The number of aryl methyl sites for hydroxylation is 1. The van der Waals surface area contributed by atoms with Gasteiger partial charge >= 0.3 is 5.97 Å². The average Bonchev–Trinajstić information content (AvgIpc) is 3.14. The van der Waals surface area contributed by atoms with Crippen molar-refractivity contribution in [3.8, 4) is 0 Å². The molecule has 0 spiro atoms. The van der Waals surface area contributed by atoms with Crippen LogP contribution in [0.15, 0.2) is 65.1 Å². The fourth-order valence-electron chi connectivity index (χ4n) is 2.43. The Hall–Kier alpha value is -3.06. The molecule has 0 radical (unpaired) electrons. The van der Waals surface area contributed by atoms with Crippen LogP contribution in [0.2, 0.25) is 0 Å². The van der Waals surface area contributed by atoms with Crippen molar-refractivity contribution < 1.29 is 14.7 Å². The van der Waals surface area contributed by atoms with Crippen molar-refractivity contribution in [2.24, 2.45) is 12.0 Å². The zero-order valence-electron chi connectivity index (χ0n) is 14.1. The van der Waals surface area contributed by atoms with E-state index in [1.165, 1.54) is 23.9 Å². The lowest BCUT2D eigenvalue weighted by molar-refractivity contribution is -0.121. The molecule has 1 N–H and O–H groups in total. The Kier molecular flexibility index (Phi) is 5.09. The molecule has 1 aromatic heterocycles. The fraction of sp³-hybridized carbons (Fsp3) is 0.105. The Labute approximate surface area is 155 Å². The molecule has 1 aliphatic rings. The molecule has 132 valence electrons. The van der Waals surface area contributed by atoms with Crippen LogP contribution < -0.4 is 0 Å². The van der Waals surface area contributed by atoms with E-state index in [9.17, 15) is 9.59 Å². The first-order valence-electron chi connectivity index (χ1n) is 7.85. The second-order valence-electron chi connectivity index (χ2n) is 5.61. The number of hydrogen-bond donors (Lipinski definition) is 1. The summed E-state index contributed by atoms with van der Waals surface area (Å²) >= 11 is 1.29.